The molecule has 3 rings (SSSR count). The van der Waals surface area contributed by atoms with Crippen LogP contribution in [0.4, 0.5) is 0 Å². The minimum atomic E-state index is -3.39. The third-order valence-electron chi connectivity index (χ3n) is 4.43. The molecule has 3 nitrogen and oxygen atoms in total. The van der Waals surface area contributed by atoms with Gasteiger partial charge in [0.2, 0.25) is 10.0 Å². The standard InChI is InChI=1S/C19H23NO2S/c1-15-12-16(2)14-20(13-15)23(21,22)19-10-8-18(9-11-19)17-6-4-3-5-7-17/h3-11,15-16H,12-14H2,1-2H3/t15-,16-/m0/s1. The van der Waals surface area contributed by atoms with Gasteiger partial charge >= 0.3 is 0 Å². The second-order valence-electron chi connectivity index (χ2n) is 6.66. The molecule has 1 aliphatic heterocycles. The molecule has 0 spiro atoms. The molecule has 122 valence electrons. The number of hydrogen-bond acceptors (Lipinski definition) is 2. The Morgan fingerprint density at radius 2 is 1.35 bits per heavy atom. The van der Waals surface area contributed by atoms with Crippen LogP contribution in [-0.2, 0) is 10.0 Å². The molecule has 0 aromatic heterocycles. The Morgan fingerprint density at radius 3 is 1.91 bits per heavy atom. The van der Waals surface area contributed by atoms with E-state index >= 15 is 0 Å². The van der Waals surface area contributed by atoms with E-state index in [-0.39, 0.29) is 0 Å². The van der Waals surface area contributed by atoms with E-state index in [4.69, 9.17) is 0 Å². The lowest BCUT2D eigenvalue weighted by Gasteiger charge is -2.34. The first kappa shape index (κ1) is 16.2. The van der Waals surface area contributed by atoms with Gasteiger partial charge in [0.25, 0.3) is 0 Å². The summed E-state index contributed by atoms with van der Waals surface area (Å²) in [6, 6.07) is 17.2. The monoisotopic (exact) mass is 329 g/mol. The predicted octanol–water partition coefficient (Wildman–Crippen LogP) is 4.02. The number of nitrogens with zero attached hydrogens (tertiary/aromatic N) is 1. The van der Waals surface area contributed by atoms with Crippen molar-refractivity contribution in [1.29, 1.82) is 0 Å². The fourth-order valence-electron chi connectivity index (χ4n) is 3.40. The second-order valence-corrected chi connectivity index (χ2v) is 8.60. The van der Waals surface area contributed by atoms with Crippen molar-refractivity contribution < 1.29 is 8.42 Å². The van der Waals surface area contributed by atoms with Crippen molar-refractivity contribution in [2.75, 3.05) is 13.1 Å². The van der Waals surface area contributed by atoms with Crippen LogP contribution in [0.3, 0.4) is 0 Å². The molecule has 2 aromatic carbocycles. The van der Waals surface area contributed by atoms with Crippen LogP contribution < -0.4 is 0 Å². The minimum absolute atomic E-state index is 0.387. The first-order valence-electron chi connectivity index (χ1n) is 8.12. The maximum Gasteiger partial charge on any atom is 0.243 e. The van der Waals surface area contributed by atoms with Crippen LogP contribution in [0.1, 0.15) is 20.3 Å². The molecule has 1 fully saturated rings. The molecule has 2 atom stereocenters. The molecule has 0 N–H and O–H groups in total. The molecule has 0 radical (unpaired) electrons. The highest BCUT2D eigenvalue weighted by Crippen LogP contribution is 2.28. The molecule has 0 saturated carbocycles. The van der Waals surface area contributed by atoms with Crippen molar-refractivity contribution in [1.82, 2.24) is 4.31 Å². The Hall–Kier alpha value is -1.65. The first-order chi connectivity index (χ1) is 11.0. The van der Waals surface area contributed by atoms with Gasteiger partial charge in [-0.1, -0.05) is 56.3 Å². The van der Waals surface area contributed by atoms with Gasteiger partial charge in [-0.25, -0.2) is 8.42 Å². The summed E-state index contributed by atoms with van der Waals surface area (Å²) in [4.78, 5) is 0.387. The number of rotatable bonds is 3. The van der Waals surface area contributed by atoms with Crippen LogP contribution >= 0.6 is 0 Å². The lowest BCUT2D eigenvalue weighted by molar-refractivity contribution is 0.222. The fourth-order valence-corrected chi connectivity index (χ4v) is 5.08. The molecule has 2 aromatic rings. The smallest absolute Gasteiger partial charge is 0.207 e. The van der Waals surface area contributed by atoms with E-state index in [1.54, 1.807) is 16.4 Å². The Morgan fingerprint density at radius 1 is 0.826 bits per heavy atom. The summed E-state index contributed by atoms with van der Waals surface area (Å²) >= 11 is 0. The van der Waals surface area contributed by atoms with Crippen molar-refractivity contribution in [2.45, 2.75) is 25.2 Å². The lowest BCUT2D eigenvalue weighted by atomic mass is 9.94. The molecule has 1 heterocycles. The van der Waals surface area contributed by atoms with Crippen LogP contribution in [-0.4, -0.2) is 25.8 Å². The van der Waals surface area contributed by atoms with E-state index in [0.29, 0.717) is 29.8 Å². The van der Waals surface area contributed by atoms with E-state index in [1.165, 1.54) is 0 Å². The van der Waals surface area contributed by atoms with Gasteiger partial charge in [-0.2, -0.15) is 4.31 Å². The highest BCUT2D eigenvalue weighted by atomic mass is 32.2. The third-order valence-corrected chi connectivity index (χ3v) is 6.28. The highest BCUT2D eigenvalue weighted by Gasteiger charge is 2.31. The molecular weight excluding hydrogens is 306 g/mol. The van der Waals surface area contributed by atoms with Crippen molar-refractivity contribution >= 4 is 10.0 Å². The van der Waals surface area contributed by atoms with E-state index in [9.17, 15) is 8.42 Å². The molecule has 23 heavy (non-hydrogen) atoms. The fraction of sp³-hybridized carbons (Fsp3) is 0.368. The molecule has 4 heteroatoms. The normalized spacial score (nSPS) is 22.9. The summed E-state index contributed by atoms with van der Waals surface area (Å²) in [7, 11) is -3.39. The van der Waals surface area contributed by atoms with Gasteiger partial charge < -0.3 is 0 Å². The van der Waals surface area contributed by atoms with E-state index in [1.807, 2.05) is 42.5 Å². The number of hydrogen-bond donors (Lipinski definition) is 0. The molecule has 0 amide bonds. The first-order valence-corrected chi connectivity index (χ1v) is 9.56. The number of piperidine rings is 1. The van der Waals surface area contributed by atoms with Crippen molar-refractivity contribution in [2.24, 2.45) is 11.8 Å². The van der Waals surface area contributed by atoms with Crippen molar-refractivity contribution in [3.05, 3.63) is 54.6 Å². The maximum absolute atomic E-state index is 12.9. The average molecular weight is 329 g/mol. The van der Waals surface area contributed by atoms with Crippen LogP contribution in [0.2, 0.25) is 0 Å². The SMILES string of the molecule is C[C@H]1C[C@H](C)CN(S(=O)(=O)c2ccc(-c3ccccc3)cc2)C1. The van der Waals surface area contributed by atoms with Crippen LogP contribution in [0.5, 0.6) is 0 Å². The Bertz CT molecular complexity index is 744. The number of benzene rings is 2. The number of sulfonamides is 1. The quantitative estimate of drug-likeness (QED) is 0.853. The van der Waals surface area contributed by atoms with Gasteiger partial charge in [-0.3, -0.25) is 0 Å². The summed E-state index contributed by atoms with van der Waals surface area (Å²) in [5, 5.41) is 0. The van der Waals surface area contributed by atoms with E-state index < -0.39 is 10.0 Å². The van der Waals surface area contributed by atoms with Crippen LogP contribution in [0.15, 0.2) is 59.5 Å². The molecular formula is C19H23NO2S. The lowest BCUT2D eigenvalue weighted by Crippen LogP contribution is -2.42. The predicted molar refractivity (Wildman–Crippen MR) is 93.6 cm³/mol. The van der Waals surface area contributed by atoms with Crippen molar-refractivity contribution in [3.63, 3.8) is 0 Å². The summed E-state index contributed by atoms with van der Waals surface area (Å²) in [5.41, 5.74) is 2.13. The van der Waals surface area contributed by atoms with E-state index in [0.717, 1.165) is 17.5 Å². The maximum atomic E-state index is 12.9. The zero-order valence-electron chi connectivity index (χ0n) is 13.6. The summed E-state index contributed by atoms with van der Waals surface area (Å²) in [6.07, 6.45) is 1.10. The molecule has 0 aliphatic carbocycles. The Balaban J connectivity index is 1.86. The largest absolute Gasteiger partial charge is 0.243 e. The summed E-state index contributed by atoms with van der Waals surface area (Å²) in [5.74, 6) is 0.828. The average Bonchev–Trinajstić information content (AvgIpc) is 2.55. The molecule has 0 unspecified atom stereocenters. The minimum Gasteiger partial charge on any atom is -0.207 e. The summed E-state index contributed by atoms with van der Waals surface area (Å²) in [6.45, 7) is 5.48. The van der Waals surface area contributed by atoms with E-state index in [2.05, 4.69) is 13.8 Å². The molecule has 1 saturated heterocycles. The summed E-state index contributed by atoms with van der Waals surface area (Å²) < 4.78 is 27.3. The van der Waals surface area contributed by atoms with Crippen LogP contribution in [0, 0.1) is 11.8 Å². The van der Waals surface area contributed by atoms with Gasteiger partial charge in [0.1, 0.15) is 0 Å². The zero-order valence-corrected chi connectivity index (χ0v) is 14.5. The van der Waals surface area contributed by atoms with Gasteiger partial charge in [-0.05, 0) is 41.5 Å². The zero-order chi connectivity index (χ0) is 16.4. The second kappa shape index (κ2) is 6.46. The van der Waals surface area contributed by atoms with Crippen molar-refractivity contribution in [3.8, 4) is 11.1 Å². The van der Waals surface area contributed by atoms with Gasteiger partial charge in [0, 0.05) is 13.1 Å². The highest BCUT2D eigenvalue weighted by molar-refractivity contribution is 7.89. The topological polar surface area (TPSA) is 37.4 Å². The Labute approximate surface area is 139 Å². The van der Waals surface area contributed by atoms with Gasteiger partial charge in [0.05, 0.1) is 4.90 Å². The molecule has 1 aliphatic rings. The van der Waals surface area contributed by atoms with Gasteiger partial charge in [0.15, 0.2) is 0 Å². The van der Waals surface area contributed by atoms with Crippen LogP contribution in [0.25, 0.3) is 11.1 Å². The third kappa shape index (κ3) is 3.48. The molecule has 0 bridgehead atoms. The van der Waals surface area contributed by atoms with Gasteiger partial charge in [-0.15, -0.1) is 0 Å². The Kier molecular flexibility index (Phi) is 4.55.